The Morgan fingerprint density at radius 2 is 1.96 bits per heavy atom. The standard InChI is InChI=1S/C19H20FN3O2/c1-12-9-13(5-8-17(12)20)11-21-18(24)14-3-2-4-16(10-14)23-19(25)22-15-6-7-15/h2-5,8-10,15H,6-7,11H2,1H3,(H,21,24)(H2,22,23,25). The summed E-state index contributed by atoms with van der Waals surface area (Å²) in [4.78, 5) is 24.0. The van der Waals surface area contributed by atoms with Crippen molar-refractivity contribution in [3.63, 3.8) is 0 Å². The van der Waals surface area contributed by atoms with E-state index in [0.717, 1.165) is 18.4 Å². The number of carbonyl (C=O) groups excluding carboxylic acids is 2. The fourth-order valence-electron chi connectivity index (χ4n) is 2.42. The van der Waals surface area contributed by atoms with Gasteiger partial charge in [0.2, 0.25) is 0 Å². The van der Waals surface area contributed by atoms with Gasteiger partial charge < -0.3 is 16.0 Å². The van der Waals surface area contributed by atoms with Crippen LogP contribution in [0.2, 0.25) is 0 Å². The highest BCUT2D eigenvalue weighted by molar-refractivity contribution is 5.96. The second kappa shape index (κ2) is 7.34. The van der Waals surface area contributed by atoms with Gasteiger partial charge in [0.15, 0.2) is 0 Å². The third-order valence-electron chi connectivity index (χ3n) is 3.97. The van der Waals surface area contributed by atoms with Crippen LogP contribution in [0.4, 0.5) is 14.9 Å². The molecule has 0 bridgehead atoms. The maximum atomic E-state index is 13.3. The average Bonchev–Trinajstić information content (AvgIpc) is 3.39. The van der Waals surface area contributed by atoms with Crippen molar-refractivity contribution >= 4 is 17.6 Å². The first-order chi connectivity index (χ1) is 12.0. The third kappa shape index (κ3) is 4.79. The van der Waals surface area contributed by atoms with Crippen LogP contribution in [-0.2, 0) is 6.54 Å². The molecule has 6 heteroatoms. The zero-order chi connectivity index (χ0) is 17.8. The lowest BCUT2D eigenvalue weighted by Crippen LogP contribution is -2.30. The van der Waals surface area contributed by atoms with Gasteiger partial charge in [-0.05, 0) is 55.2 Å². The molecule has 3 amide bonds. The van der Waals surface area contributed by atoms with Crippen molar-refractivity contribution in [3.05, 3.63) is 65.0 Å². The number of urea groups is 1. The number of benzene rings is 2. The second-order valence-electron chi connectivity index (χ2n) is 6.22. The third-order valence-corrected chi connectivity index (χ3v) is 3.97. The molecule has 0 atom stereocenters. The van der Waals surface area contributed by atoms with Crippen molar-refractivity contribution < 1.29 is 14.0 Å². The molecule has 25 heavy (non-hydrogen) atoms. The van der Waals surface area contributed by atoms with E-state index in [4.69, 9.17) is 0 Å². The molecule has 1 aliphatic rings. The van der Waals surface area contributed by atoms with Gasteiger partial charge in [-0.25, -0.2) is 9.18 Å². The van der Waals surface area contributed by atoms with E-state index in [9.17, 15) is 14.0 Å². The Balaban J connectivity index is 1.58. The van der Waals surface area contributed by atoms with Crippen LogP contribution in [0.3, 0.4) is 0 Å². The van der Waals surface area contributed by atoms with E-state index in [1.165, 1.54) is 6.07 Å². The van der Waals surface area contributed by atoms with E-state index in [1.54, 1.807) is 43.3 Å². The molecule has 1 aliphatic carbocycles. The first kappa shape index (κ1) is 17.0. The molecule has 2 aromatic rings. The van der Waals surface area contributed by atoms with E-state index in [2.05, 4.69) is 16.0 Å². The van der Waals surface area contributed by atoms with Crippen LogP contribution in [0.1, 0.15) is 34.3 Å². The molecule has 0 saturated heterocycles. The van der Waals surface area contributed by atoms with Crippen LogP contribution < -0.4 is 16.0 Å². The highest BCUT2D eigenvalue weighted by atomic mass is 19.1. The minimum Gasteiger partial charge on any atom is -0.348 e. The van der Waals surface area contributed by atoms with Crippen molar-refractivity contribution in [2.75, 3.05) is 5.32 Å². The molecule has 0 radical (unpaired) electrons. The summed E-state index contributed by atoms with van der Waals surface area (Å²) in [6.07, 6.45) is 2.03. The number of hydrogen-bond donors (Lipinski definition) is 3. The van der Waals surface area contributed by atoms with E-state index in [-0.39, 0.29) is 23.8 Å². The van der Waals surface area contributed by atoms with Gasteiger partial charge in [0.25, 0.3) is 5.91 Å². The molecule has 3 N–H and O–H groups in total. The van der Waals surface area contributed by atoms with E-state index in [0.29, 0.717) is 23.4 Å². The Bertz CT molecular complexity index is 803. The highest BCUT2D eigenvalue weighted by Crippen LogP contribution is 2.19. The number of amides is 3. The number of hydrogen-bond acceptors (Lipinski definition) is 2. The minimum atomic E-state index is -0.265. The van der Waals surface area contributed by atoms with E-state index in [1.807, 2.05) is 0 Å². The van der Waals surface area contributed by atoms with Crippen molar-refractivity contribution in [3.8, 4) is 0 Å². The predicted molar refractivity (Wildman–Crippen MR) is 93.9 cm³/mol. The van der Waals surface area contributed by atoms with Crippen LogP contribution in [0.5, 0.6) is 0 Å². The lowest BCUT2D eigenvalue weighted by atomic mass is 10.1. The Hall–Kier alpha value is -2.89. The fraction of sp³-hybridized carbons (Fsp3) is 0.263. The van der Waals surface area contributed by atoms with Crippen molar-refractivity contribution in [2.45, 2.75) is 32.4 Å². The summed E-state index contributed by atoms with van der Waals surface area (Å²) in [5.41, 5.74) is 2.37. The summed E-state index contributed by atoms with van der Waals surface area (Å²) in [7, 11) is 0. The average molecular weight is 341 g/mol. The van der Waals surface area contributed by atoms with Crippen LogP contribution in [0.25, 0.3) is 0 Å². The molecule has 3 rings (SSSR count). The molecule has 0 heterocycles. The predicted octanol–water partition coefficient (Wildman–Crippen LogP) is 3.35. The SMILES string of the molecule is Cc1cc(CNC(=O)c2cccc(NC(=O)NC3CC3)c2)ccc1F. The molecule has 130 valence electrons. The fourth-order valence-corrected chi connectivity index (χ4v) is 2.42. The largest absolute Gasteiger partial charge is 0.348 e. The number of carbonyl (C=O) groups is 2. The number of rotatable bonds is 5. The number of nitrogens with one attached hydrogen (secondary N) is 3. The second-order valence-corrected chi connectivity index (χ2v) is 6.22. The van der Waals surface area contributed by atoms with Gasteiger partial charge in [-0.15, -0.1) is 0 Å². The summed E-state index contributed by atoms with van der Waals surface area (Å²) in [6, 6.07) is 11.5. The minimum absolute atomic E-state index is 0.256. The maximum absolute atomic E-state index is 13.3. The first-order valence-corrected chi connectivity index (χ1v) is 8.22. The van der Waals surface area contributed by atoms with E-state index >= 15 is 0 Å². The Morgan fingerprint density at radius 3 is 2.68 bits per heavy atom. The Labute approximate surface area is 145 Å². The number of anilines is 1. The molecule has 0 spiro atoms. The molecule has 2 aromatic carbocycles. The van der Waals surface area contributed by atoms with Gasteiger partial charge >= 0.3 is 6.03 Å². The van der Waals surface area contributed by atoms with Crippen molar-refractivity contribution in [2.24, 2.45) is 0 Å². The van der Waals surface area contributed by atoms with Gasteiger partial charge in [0.1, 0.15) is 5.82 Å². The lowest BCUT2D eigenvalue weighted by molar-refractivity contribution is 0.0951. The van der Waals surface area contributed by atoms with Crippen molar-refractivity contribution in [1.29, 1.82) is 0 Å². The van der Waals surface area contributed by atoms with Crippen LogP contribution >= 0.6 is 0 Å². The highest BCUT2D eigenvalue weighted by Gasteiger charge is 2.23. The normalized spacial score (nSPS) is 13.2. The lowest BCUT2D eigenvalue weighted by Gasteiger charge is -2.09. The van der Waals surface area contributed by atoms with Crippen LogP contribution in [-0.4, -0.2) is 18.0 Å². The summed E-state index contributed by atoms with van der Waals surface area (Å²) >= 11 is 0. The Morgan fingerprint density at radius 1 is 1.16 bits per heavy atom. The maximum Gasteiger partial charge on any atom is 0.319 e. The number of aryl methyl sites for hydroxylation is 1. The smallest absolute Gasteiger partial charge is 0.319 e. The van der Waals surface area contributed by atoms with Crippen LogP contribution in [0, 0.1) is 12.7 Å². The summed E-state index contributed by atoms with van der Waals surface area (Å²) in [5, 5.41) is 8.35. The number of halogens is 1. The zero-order valence-corrected chi connectivity index (χ0v) is 13.9. The summed E-state index contributed by atoms with van der Waals surface area (Å²) < 4.78 is 13.3. The molecule has 1 saturated carbocycles. The van der Waals surface area contributed by atoms with Crippen molar-refractivity contribution in [1.82, 2.24) is 10.6 Å². The summed E-state index contributed by atoms with van der Waals surface area (Å²) in [5.74, 6) is -0.522. The summed E-state index contributed by atoms with van der Waals surface area (Å²) in [6.45, 7) is 1.99. The van der Waals surface area contributed by atoms with Gasteiger partial charge in [0, 0.05) is 23.8 Å². The first-order valence-electron chi connectivity index (χ1n) is 8.22. The van der Waals surface area contributed by atoms with Crippen LogP contribution in [0.15, 0.2) is 42.5 Å². The van der Waals surface area contributed by atoms with Gasteiger partial charge in [-0.2, -0.15) is 0 Å². The van der Waals surface area contributed by atoms with E-state index < -0.39 is 0 Å². The molecular weight excluding hydrogens is 321 g/mol. The van der Waals surface area contributed by atoms with Gasteiger partial charge in [-0.1, -0.05) is 18.2 Å². The molecule has 5 nitrogen and oxygen atoms in total. The molecule has 0 aliphatic heterocycles. The Kier molecular flexibility index (Phi) is 4.97. The molecular formula is C19H20FN3O2. The molecule has 1 fully saturated rings. The van der Waals surface area contributed by atoms with Gasteiger partial charge in [-0.3, -0.25) is 4.79 Å². The van der Waals surface area contributed by atoms with Gasteiger partial charge in [0.05, 0.1) is 0 Å². The zero-order valence-electron chi connectivity index (χ0n) is 13.9. The topological polar surface area (TPSA) is 70.2 Å². The quantitative estimate of drug-likeness (QED) is 0.780. The molecule has 0 aromatic heterocycles. The molecule has 0 unspecified atom stereocenters. The monoisotopic (exact) mass is 341 g/mol.